The highest BCUT2D eigenvalue weighted by atomic mass is 16.5. The van der Waals surface area contributed by atoms with Crippen LogP contribution in [0.2, 0.25) is 0 Å². The monoisotopic (exact) mass is 529 g/mol. The van der Waals surface area contributed by atoms with Crippen LogP contribution in [-0.4, -0.2) is 31.1 Å². The molecule has 0 aliphatic heterocycles. The molecule has 0 saturated carbocycles. The maximum absolute atomic E-state index is 12.8. The first-order chi connectivity index (χ1) is 18.8. The molecule has 0 atom stereocenters. The molecule has 7 nitrogen and oxygen atoms in total. The maximum atomic E-state index is 12.8. The van der Waals surface area contributed by atoms with Gasteiger partial charge >= 0.3 is 11.9 Å². The van der Waals surface area contributed by atoms with E-state index in [0.29, 0.717) is 41.5 Å². The number of ether oxygens (including phenoxy) is 3. The summed E-state index contributed by atoms with van der Waals surface area (Å²) in [5.41, 5.74) is 4.39. The zero-order valence-corrected chi connectivity index (χ0v) is 22.8. The van der Waals surface area contributed by atoms with E-state index in [0.717, 1.165) is 48.4 Å². The molecule has 0 saturated heterocycles. The molecule has 0 aliphatic carbocycles. The first kappa shape index (κ1) is 29.2. The van der Waals surface area contributed by atoms with Crippen molar-refractivity contribution < 1.29 is 28.6 Å². The maximum Gasteiger partial charge on any atom is 0.343 e. The van der Waals surface area contributed by atoms with Crippen LogP contribution in [0, 0.1) is 20.8 Å². The lowest BCUT2D eigenvalue weighted by Gasteiger charge is -2.12. The molecule has 0 radical (unpaired) electrons. The van der Waals surface area contributed by atoms with Crippen molar-refractivity contribution in [2.45, 2.75) is 46.5 Å². The van der Waals surface area contributed by atoms with Gasteiger partial charge in [0.2, 0.25) is 0 Å². The second kappa shape index (κ2) is 14.5. The first-order valence-corrected chi connectivity index (χ1v) is 13.0. The standard InChI is InChI=1S/C32H35NO6/c1-5-30(34)38-19-9-7-6-8-18-37-27-15-17-28(24(4)21-27)31(35)33-25-11-13-26(14-12-25)39-32(36)29-16-10-22(2)20-23(29)3/h5,10-17,20-21H,1,6-9,18-19H2,2-4H3,(H,33,35). The van der Waals surface area contributed by atoms with Crippen LogP contribution >= 0.6 is 0 Å². The zero-order chi connectivity index (χ0) is 28.2. The first-order valence-electron chi connectivity index (χ1n) is 13.0. The molecule has 0 bridgehead atoms. The predicted octanol–water partition coefficient (Wildman–Crippen LogP) is 6.75. The number of esters is 2. The van der Waals surface area contributed by atoms with Crippen LogP contribution in [0.5, 0.6) is 11.5 Å². The van der Waals surface area contributed by atoms with Gasteiger partial charge in [0.1, 0.15) is 11.5 Å². The van der Waals surface area contributed by atoms with E-state index >= 15 is 0 Å². The second-order valence-electron chi connectivity index (χ2n) is 9.30. The van der Waals surface area contributed by atoms with Crippen molar-refractivity contribution in [2.24, 2.45) is 0 Å². The SMILES string of the molecule is C=CC(=O)OCCCCCCOc1ccc(C(=O)Nc2ccc(OC(=O)c3ccc(C)cc3C)cc2)c(C)c1. The van der Waals surface area contributed by atoms with Crippen LogP contribution in [0.4, 0.5) is 5.69 Å². The lowest BCUT2D eigenvalue weighted by atomic mass is 10.1. The molecular weight excluding hydrogens is 494 g/mol. The number of hydrogen-bond donors (Lipinski definition) is 1. The Hall–Kier alpha value is -4.39. The molecule has 1 N–H and O–H groups in total. The summed E-state index contributed by atoms with van der Waals surface area (Å²) < 4.78 is 16.3. The summed E-state index contributed by atoms with van der Waals surface area (Å²) in [5, 5.41) is 2.88. The van der Waals surface area contributed by atoms with Gasteiger partial charge in [0.05, 0.1) is 18.8 Å². The van der Waals surface area contributed by atoms with Crippen molar-refractivity contribution in [3.05, 3.63) is 101 Å². The number of hydrogen-bond acceptors (Lipinski definition) is 6. The number of carbonyl (C=O) groups excluding carboxylic acids is 3. The molecule has 3 rings (SSSR count). The van der Waals surface area contributed by atoms with Crippen LogP contribution in [0.1, 0.15) is 63.1 Å². The van der Waals surface area contributed by atoms with E-state index in [1.165, 1.54) is 0 Å². The molecule has 1 amide bonds. The Morgan fingerprint density at radius 3 is 2.08 bits per heavy atom. The van der Waals surface area contributed by atoms with Gasteiger partial charge in [0, 0.05) is 17.3 Å². The number of benzene rings is 3. The molecule has 0 unspecified atom stereocenters. The third-order valence-electron chi connectivity index (χ3n) is 6.09. The van der Waals surface area contributed by atoms with Gasteiger partial charge in [-0.1, -0.05) is 24.3 Å². The number of rotatable bonds is 13. The van der Waals surface area contributed by atoms with E-state index in [9.17, 15) is 14.4 Å². The fraction of sp³-hybridized carbons (Fsp3) is 0.281. The van der Waals surface area contributed by atoms with Gasteiger partial charge in [-0.15, -0.1) is 0 Å². The van der Waals surface area contributed by atoms with Crippen molar-refractivity contribution in [2.75, 3.05) is 18.5 Å². The summed E-state index contributed by atoms with van der Waals surface area (Å²) in [7, 11) is 0. The van der Waals surface area contributed by atoms with E-state index in [-0.39, 0.29) is 5.91 Å². The highest BCUT2D eigenvalue weighted by Gasteiger charge is 2.13. The van der Waals surface area contributed by atoms with Crippen LogP contribution in [0.25, 0.3) is 0 Å². The molecule has 0 heterocycles. The van der Waals surface area contributed by atoms with Gasteiger partial charge in [-0.05, 0) is 106 Å². The summed E-state index contributed by atoms with van der Waals surface area (Å²) in [4.78, 5) is 36.3. The molecule has 7 heteroatoms. The fourth-order valence-electron chi connectivity index (χ4n) is 3.97. The van der Waals surface area contributed by atoms with Crippen LogP contribution in [0.3, 0.4) is 0 Å². The topological polar surface area (TPSA) is 90.9 Å². The van der Waals surface area contributed by atoms with Crippen molar-refractivity contribution in [3.8, 4) is 11.5 Å². The zero-order valence-electron chi connectivity index (χ0n) is 22.8. The summed E-state index contributed by atoms with van der Waals surface area (Å²) in [6.45, 7) is 10.0. The average Bonchev–Trinajstić information content (AvgIpc) is 2.91. The highest BCUT2D eigenvalue weighted by molar-refractivity contribution is 6.05. The molecule has 3 aromatic carbocycles. The fourth-order valence-corrected chi connectivity index (χ4v) is 3.97. The lowest BCUT2D eigenvalue weighted by molar-refractivity contribution is -0.137. The molecule has 0 spiro atoms. The summed E-state index contributed by atoms with van der Waals surface area (Å²) in [5.74, 6) is 0.0476. The Labute approximate surface area is 229 Å². The molecule has 0 fully saturated rings. The Morgan fingerprint density at radius 1 is 0.769 bits per heavy atom. The Kier molecular flexibility index (Phi) is 10.9. The third-order valence-corrected chi connectivity index (χ3v) is 6.09. The normalized spacial score (nSPS) is 10.4. The van der Waals surface area contributed by atoms with E-state index in [2.05, 4.69) is 11.9 Å². The van der Waals surface area contributed by atoms with E-state index < -0.39 is 11.9 Å². The largest absolute Gasteiger partial charge is 0.494 e. The van der Waals surface area contributed by atoms with E-state index in [4.69, 9.17) is 14.2 Å². The second-order valence-corrected chi connectivity index (χ2v) is 9.30. The van der Waals surface area contributed by atoms with Crippen LogP contribution < -0.4 is 14.8 Å². The minimum atomic E-state index is -0.422. The summed E-state index contributed by atoms with van der Waals surface area (Å²) in [6.07, 6.45) is 4.77. The molecule has 204 valence electrons. The Bertz CT molecular complexity index is 1310. The third kappa shape index (κ3) is 9.14. The minimum Gasteiger partial charge on any atom is -0.494 e. The van der Waals surface area contributed by atoms with Gasteiger partial charge in [-0.3, -0.25) is 4.79 Å². The number of aryl methyl sites for hydroxylation is 3. The lowest BCUT2D eigenvalue weighted by Crippen LogP contribution is -2.14. The van der Waals surface area contributed by atoms with Gasteiger partial charge in [-0.25, -0.2) is 9.59 Å². The molecule has 0 aromatic heterocycles. The molecular formula is C32H35NO6. The quantitative estimate of drug-likeness (QED) is 0.114. The van der Waals surface area contributed by atoms with Crippen LogP contribution in [-0.2, 0) is 9.53 Å². The Morgan fingerprint density at radius 2 is 1.41 bits per heavy atom. The number of unbranched alkanes of at least 4 members (excludes halogenated alkanes) is 3. The van der Waals surface area contributed by atoms with Crippen molar-refractivity contribution in [1.29, 1.82) is 0 Å². The number of nitrogens with one attached hydrogen (secondary N) is 1. The molecule has 39 heavy (non-hydrogen) atoms. The van der Waals surface area contributed by atoms with Gasteiger partial charge in [-0.2, -0.15) is 0 Å². The van der Waals surface area contributed by atoms with Crippen molar-refractivity contribution in [1.82, 2.24) is 0 Å². The van der Waals surface area contributed by atoms with E-state index in [1.807, 2.05) is 39.0 Å². The van der Waals surface area contributed by atoms with Crippen molar-refractivity contribution >= 4 is 23.5 Å². The molecule has 3 aromatic rings. The van der Waals surface area contributed by atoms with Crippen LogP contribution in [0.15, 0.2) is 73.3 Å². The number of anilines is 1. The average molecular weight is 530 g/mol. The van der Waals surface area contributed by atoms with Gasteiger partial charge in [0.25, 0.3) is 5.91 Å². The minimum absolute atomic E-state index is 0.240. The Balaban J connectivity index is 1.44. The number of carbonyl (C=O) groups is 3. The highest BCUT2D eigenvalue weighted by Crippen LogP contribution is 2.22. The summed E-state index contributed by atoms with van der Waals surface area (Å²) >= 11 is 0. The molecule has 0 aliphatic rings. The van der Waals surface area contributed by atoms with Gasteiger partial charge in [0.15, 0.2) is 0 Å². The predicted molar refractivity (Wildman–Crippen MR) is 152 cm³/mol. The van der Waals surface area contributed by atoms with Gasteiger partial charge < -0.3 is 19.5 Å². The van der Waals surface area contributed by atoms with E-state index in [1.54, 1.807) is 42.5 Å². The number of amides is 1. The summed E-state index contributed by atoms with van der Waals surface area (Å²) in [6, 6.07) is 17.6. The smallest absolute Gasteiger partial charge is 0.343 e. The van der Waals surface area contributed by atoms with Crippen molar-refractivity contribution in [3.63, 3.8) is 0 Å².